The van der Waals surface area contributed by atoms with Crippen LogP contribution in [0.5, 0.6) is 5.75 Å². The van der Waals surface area contributed by atoms with Gasteiger partial charge in [-0.1, -0.05) is 49.4 Å². The highest BCUT2D eigenvalue weighted by Gasteiger charge is 2.28. The van der Waals surface area contributed by atoms with E-state index in [2.05, 4.69) is 17.4 Å². The van der Waals surface area contributed by atoms with Gasteiger partial charge < -0.3 is 15.0 Å². The summed E-state index contributed by atoms with van der Waals surface area (Å²) in [5, 5.41) is 2.97. The number of carbonyl (C=O) groups is 2. The van der Waals surface area contributed by atoms with E-state index < -0.39 is 6.04 Å². The number of ether oxygens (including phenoxy) is 1. The van der Waals surface area contributed by atoms with Crippen molar-refractivity contribution < 1.29 is 14.3 Å². The third kappa shape index (κ3) is 8.29. The first-order chi connectivity index (χ1) is 14.9. The molecule has 168 valence electrons. The molecular weight excluding hydrogens is 408 g/mol. The highest BCUT2D eigenvalue weighted by molar-refractivity contribution is 7.99. The van der Waals surface area contributed by atoms with Gasteiger partial charge in [-0.3, -0.25) is 9.59 Å². The van der Waals surface area contributed by atoms with Crippen LogP contribution in [0.15, 0.2) is 54.6 Å². The van der Waals surface area contributed by atoms with E-state index in [0.717, 1.165) is 29.1 Å². The van der Waals surface area contributed by atoms with E-state index in [-0.39, 0.29) is 17.9 Å². The number of benzene rings is 2. The normalized spacial score (nSPS) is 11.8. The molecule has 0 saturated heterocycles. The molecule has 0 spiro atoms. The van der Waals surface area contributed by atoms with Gasteiger partial charge in [0.15, 0.2) is 0 Å². The summed E-state index contributed by atoms with van der Waals surface area (Å²) in [5.41, 5.74) is 2.30. The average molecular weight is 443 g/mol. The summed E-state index contributed by atoms with van der Waals surface area (Å²) in [4.78, 5) is 27.7. The number of hydrogen-bond donors (Lipinski definition) is 1. The van der Waals surface area contributed by atoms with Crippen molar-refractivity contribution in [1.29, 1.82) is 0 Å². The van der Waals surface area contributed by atoms with Crippen molar-refractivity contribution in [2.75, 3.05) is 19.4 Å². The molecule has 0 aliphatic heterocycles. The summed E-state index contributed by atoms with van der Waals surface area (Å²) in [7, 11) is 1.64. The van der Waals surface area contributed by atoms with Crippen LogP contribution in [0.3, 0.4) is 0 Å². The van der Waals surface area contributed by atoms with Crippen LogP contribution in [0, 0.1) is 0 Å². The Kier molecular flexibility index (Phi) is 10.4. The van der Waals surface area contributed by atoms with E-state index in [1.165, 1.54) is 0 Å². The van der Waals surface area contributed by atoms with Crippen molar-refractivity contribution in [3.63, 3.8) is 0 Å². The Hall–Kier alpha value is -2.47. The minimum absolute atomic E-state index is 0.000184. The van der Waals surface area contributed by atoms with Crippen LogP contribution >= 0.6 is 11.8 Å². The third-order valence-corrected chi connectivity index (χ3v) is 5.94. The second kappa shape index (κ2) is 13.1. The highest BCUT2D eigenvalue weighted by Crippen LogP contribution is 2.18. The fourth-order valence-corrected chi connectivity index (χ4v) is 4.21. The summed E-state index contributed by atoms with van der Waals surface area (Å²) >= 11 is 1.57. The van der Waals surface area contributed by atoms with Gasteiger partial charge in [-0.15, -0.1) is 11.8 Å². The number of carbonyl (C=O) groups excluding carboxylic acids is 2. The van der Waals surface area contributed by atoms with Gasteiger partial charge in [0.2, 0.25) is 11.8 Å². The first-order valence-electron chi connectivity index (χ1n) is 10.8. The smallest absolute Gasteiger partial charge is 0.242 e. The second-order valence-corrected chi connectivity index (χ2v) is 8.74. The van der Waals surface area contributed by atoms with E-state index in [0.29, 0.717) is 18.7 Å². The molecule has 5 nitrogen and oxygen atoms in total. The number of hydrogen-bond acceptors (Lipinski definition) is 4. The molecule has 0 aromatic heterocycles. The molecule has 0 aliphatic carbocycles. The largest absolute Gasteiger partial charge is 0.497 e. The molecule has 31 heavy (non-hydrogen) atoms. The van der Waals surface area contributed by atoms with E-state index in [4.69, 9.17) is 4.74 Å². The van der Waals surface area contributed by atoms with Crippen molar-refractivity contribution >= 4 is 23.6 Å². The molecule has 0 saturated carbocycles. The van der Waals surface area contributed by atoms with Gasteiger partial charge in [0.25, 0.3) is 0 Å². The van der Waals surface area contributed by atoms with Gasteiger partial charge in [-0.2, -0.15) is 0 Å². The first kappa shape index (κ1) is 24.8. The van der Waals surface area contributed by atoms with Crippen LogP contribution in [0.4, 0.5) is 0 Å². The molecular formula is C25H34N2O3S. The standard InChI is InChI=1S/C25H34N2O3S/c1-5-23(25(29)26-19(2)3)27(16-15-20-9-7-6-8-10-20)24(28)18-31-17-21-11-13-22(30-4)14-12-21/h6-14,19,23H,5,15-18H2,1-4H3,(H,26,29)/t23-/m1/s1. The van der Waals surface area contributed by atoms with E-state index in [9.17, 15) is 9.59 Å². The first-order valence-corrected chi connectivity index (χ1v) is 11.9. The monoisotopic (exact) mass is 442 g/mol. The minimum atomic E-state index is -0.458. The lowest BCUT2D eigenvalue weighted by molar-refractivity contribution is -0.139. The maximum Gasteiger partial charge on any atom is 0.242 e. The highest BCUT2D eigenvalue weighted by atomic mass is 32.2. The number of amides is 2. The van der Waals surface area contributed by atoms with Crippen LogP contribution in [-0.4, -0.2) is 48.2 Å². The predicted molar refractivity (Wildman–Crippen MR) is 128 cm³/mol. The van der Waals surface area contributed by atoms with Crippen molar-refractivity contribution in [2.24, 2.45) is 0 Å². The lowest BCUT2D eigenvalue weighted by Gasteiger charge is -2.31. The zero-order valence-corrected chi connectivity index (χ0v) is 19.8. The maximum atomic E-state index is 13.2. The van der Waals surface area contributed by atoms with Crippen LogP contribution in [0.25, 0.3) is 0 Å². The van der Waals surface area contributed by atoms with Crippen LogP contribution < -0.4 is 10.1 Å². The molecule has 0 fully saturated rings. The molecule has 2 rings (SSSR count). The number of nitrogens with zero attached hydrogens (tertiary/aromatic N) is 1. The molecule has 2 aromatic rings. The molecule has 6 heteroatoms. The Labute approximate surface area is 190 Å². The zero-order chi connectivity index (χ0) is 22.6. The second-order valence-electron chi connectivity index (χ2n) is 7.75. The Bertz CT molecular complexity index is 809. The average Bonchev–Trinajstić information content (AvgIpc) is 2.77. The van der Waals surface area contributed by atoms with E-state index in [1.807, 2.05) is 63.2 Å². The summed E-state index contributed by atoms with van der Waals surface area (Å²) in [6, 6.07) is 17.5. The summed E-state index contributed by atoms with van der Waals surface area (Å²) < 4.78 is 5.19. The number of nitrogens with one attached hydrogen (secondary N) is 1. The lowest BCUT2D eigenvalue weighted by atomic mass is 10.1. The minimum Gasteiger partial charge on any atom is -0.497 e. The van der Waals surface area contributed by atoms with Crippen molar-refractivity contribution in [3.05, 3.63) is 65.7 Å². The third-order valence-electron chi connectivity index (χ3n) is 4.95. The van der Waals surface area contributed by atoms with Crippen molar-refractivity contribution in [2.45, 2.75) is 51.4 Å². The fraction of sp³-hybridized carbons (Fsp3) is 0.440. The SMILES string of the molecule is CC[C@H](C(=O)NC(C)C)N(CCc1ccccc1)C(=O)CSCc1ccc(OC)cc1. The van der Waals surface area contributed by atoms with Crippen LogP contribution in [0.2, 0.25) is 0 Å². The Morgan fingerprint density at radius 2 is 1.71 bits per heavy atom. The van der Waals surface area contributed by atoms with Crippen LogP contribution in [0.1, 0.15) is 38.3 Å². The van der Waals surface area contributed by atoms with Crippen molar-refractivity contribution in [3.8, 4) is 5.75 Å². The number of thioether (sulfide) groups is 1. The van der Waals surface area contributed by atoms with Crippen molar-refractivity contribution in [1.82, 2.24) is 10.2 Å². The van der Waals surface area contributed by atoms with Gasteiger partial charge in [-0.05, 0) is 49.9 Å². The summed E-state index contributed by atoms with van der Waals surface area (Å²) in [6.45, 7) is 6.35. The van der Waals surface area contributed by atoms with Gasteiger partial charge in [0.1, 0.15) is 11.8 Å². The Morgan fingerprint density at radius 3 is 2.29 bits per heavy atom. The quantitative estimate of drug-likeness (QED) is 0.532. The summed E-state index contributed by atoms with van der Waals surface area (Å²) in [6.07, 6.45) is 1.31. The summed E-state index contributed by atoms with van der Waals surface area (Å²) in [5.74, 6) is 1.81. The molecule has 1 atom stereocenters. The number of methoxy groups -OCH3 is 1. The van der Waals surface area contributed by atoms with E-state index in [1.54, 1.807) is 23.8 Å². The van der Waals surface area contributed by atoms with Gasteiger partial charge >= 0.3 is 0 Å². The molecule has 2 amide bonds. The predicted octanol–water partition coefficient (Wildman–Crippen LogP) is 4.30. The molecule has 0 unspecified atom stereocenters. The zero-order valence-electron chi connectivity index (χ0n) is 19.0. The molecule has 2 aromatic carbocycles. The Morgan fingerprint density at radius 1 is 1.03 bits per heavy atom. The van der Waals surface area contributed by atoms with Gasteiger partial charge in [0, 0.05) is 18.3 Å². The van der Waals surface area contributed by atoms with Gasteiger partial charge in [-0.25, -0.2) is 0 Å². The Balaban J connectivity index is 2.03. The lowest BCUT2D eigenvalue weighted by Crippen LogP contribution is -2.51. The molecule has 0 aliphatic rings. The fourth-order valence-electron chi connectivity index (χ4n) is 3.34. The maximum absolute atomic E-state index is 13.2. The number of rotatable bonds is 12. The van der Waals surface area contributed by atoms with Crippen LogP contribution in [-0.2, 0) is 21.8 Å². The molecule has 0 bridgehead atoms. The molecule has 1 N–H and O–H groups in total. The molecule has 0 heterocycles. The van der Waals surface area contributed by atoms with E-state index >= 15 is 0 Å². The topological polar surface area (TPSA) is 58.6 Å². The molecule has 0 radical (unpaired) electrons. The van der Waals surface area contributed by atoms with Gasteiger partial charge in [0.05, 0.1) is 12.9 Å².